The Kier molecular flexibility index (Phi) is 3.88. The van der Waals surface area contributed by atoms with E-state index in [1.54, 1.807) is 0 Å². The molecule has 0 saturated heterocycles. The molecule has 0 aromatic rings. The van der Waals surface area contributed by atoms with Crippen molar-refractivity contribution in [3.05, 3.63) is 0 Å². The van der Waals surface area contributed by atoms with E-state index in [1.165, 1.54) is 13.8 Å². The second-order valence-corrected chi connectivity index (χ2v) is 4.84. The third-order valence-corrected chi connectivity index (χ3v) is 3.35. The van der Waals surface area contributed by atoms with Gasteiger partial charge < -0.3 is 9.47 Å². The fraction of sp³-hybridized carbons (Fsp3) is 0.667. The first-order chi connectivity index (χ1) is 8.27. The van der Waals surface area contributed by atoms with Crippen molar-refractivity contribution in [2.75, 3.05) is 14.2 Å². The SMILES string of the molecule is COC(=O)C1C(=O)CC(=O)C(C(=O)OC)C1(C)C. The van der Waals surface area contributed by atoms with Gasteiger partial charge in [0, 0.05) is 5.41 Å². The van der Waals surface area contributed by atoms with E-state index >= 15 is 0 Å². The lowest BCUT2D eigenvalue weighted by Crippen LogP contribution is -2.53. The van der Waals surface area contributed by atoms with Gasteiger partial charge in [0.2, 0.25) is 0 Å². The number of ketones is 2. The fourth-order valence-corrected chi connectivity index (χ4v) is 2.48. The van der Waals surface area contributed by atoms with E-state index in [0.29, 0.717) is 0 Å². The molecule has 1 aliphatic carbocycles. The average molecular weight is 256 g/mol. The molecule has 0 spiro atoms. The van der Waals surface area contributed by atoms with Crippen LogP contribution in [0.15, 0.2) is 0 Å². The fourth-order valence-electron chi connectivity index (χ4n) is 2.48. The van der Waals surface area contributed by atoms with Gasteiger partial charge in [0.15, 0.2) is 11.6 Å². The highest BCUT2D eigenvalue weighted by Gasteiger charge is 2.56. The van der Waals surface area contributed by atoms with Gasteiger partial charge in [-0.25, -0.2) is 0 Å². The number of hydrogen-bond donors (Lipinski definition) is 0. The molecule has 6 heteroatoms. The Balaban J connectivity index is 3.22. The van der Waals surface area contributed by atoms with Gasteiger partial charge in [-0.3, -0.25) is 19.2 Å². The number of methoxy groups -OCH3 is 2. The smallest absolute Gasteiger partial charge is 0.316 e. The summed E-state index contributed by atoms with van der Waals surface area (Å²) in [6, 6.07) is 0. The maximum atomic E-state index is 11.8. The summed E-state index contributed by atoms with van der Waals surface area (Å²) in [4.78, 5) is 46.9. The second-order valence-electron chi connectivity index (χ2n) is 4.84. The van der Waals surface area contributed by atoms with Crippen LogP contribution in [0, 0.1) is 17.3 Å². The number of carbonyl (C=O) groups excluding carboxylic acids is 4. The molecule has 0 aromatic heterocycles. The maximum absolute atomic E-state index is 11.8. The predicted octanol–water partition coefficient (Wildman–Crippen LogP) is 0.133. The Bertz CT molecular complexity index is 373. The summed E-state index contributed by atoms with van der Waals surface area (Å²) >= 11 is 0. The molecule has 1 saturated carbocycles. The second kappa shape index (κ2) is 4.88. The molecule has 0 N–H and O–H groups in total. The minimum Gasteiger partial charge on any atom is -0.468 e. The summed E-state index contributed by atoms with van der Waals surface area (Å²) in [5.41, 5.74) is -1.15. The topological polar surface area (TPSA) is 86.7 Å². The summed E-state index contributed by atoms with van der Waals surface area (Å²) in [5, 5.41) is 0. The third kappa shape index (κ3) is 2.14. The van der Waals surface area contributed by atoms with E-state index in [2.05, 4.69) is 9.47 Å². The first kappa shape index (κ1) is 14.3. The molecular weight excluding hydrogens is 240 g/mol. The molecule has 1 aliphatic rings. The summed E-state index contributed by atoms with van der Waals surface area (Å²) in [7, 11) is 2.32. The van der Waals surface area contributed by atoms with E-state index in [1.807, 2.05) is 0 Å². The molecule has 1 fully saturated rings. The van der Waals surface area contributed by atoms with E-state index in [-0.39, 0.29) is 0 Å². The van der Waals surface area contributed by atoms with Crippen LogP contribution in [0.1, 0.15) is 20.3 Å². The minimum atomic E-state index is -1.15. The number of carbonyl (C=O) groups is 4. The highest BCUT2D eigenvalue weighted by molar-refractivity contribution is 6.16. The largest absolute Gasteiger partial charge is 0.468 e. The molecule has 2 unspecified atom stereocenters. The molecular formula is C12H16O6. The maximum Gasteiger partial charge on any atom is 0.316 e. The summed E-state index contributed by atoms with van der Waals surface area (Å²) in [5.74, 6) is -4.74. The normalized spacial score (nSPS) is 26.7. The zero-order chi connectivity index (χ0) is 14.1. The Morgan fingerprint density at radius 1 is 1.00 bits per heavy atom. The molecule has 100 valence electrons. The van der Waals surface area contributed by atoms with Crippen molar-refractivity contribution >= 4 is 23.5 Å². The van der Waals surface area contributed by atoms with Crippen molar-refractivity contribution in [3.8, 4) is 0 Å². The van der Waals surface area contributed by atoms with Crippen LogP contribution in [0.2, 0.25) is 0 Å². The van der Waals surface area contributed by atoms with Crippen LogP contribution in [0.5, 0.6) is 0 Å². The van der Waals surface area contributed by atoms with E-state index in [9.17, 15) is 19.2 Å². The van der Waals surface area contributed by atoms with Gasteiger partial charge in [-0.15, -0.1) is 0 Å². The van der Waals surface area contributed by atoms with Gasteiger partial charge in [0.1, 0.15) is 11.8 Å². The molecule has 0 bridgehead atoms. The van der Waals surface area contributed by atoms with Gasteiger partial charge in [-0.1, -0.05) is 13.8 Å². The highest BCUT2D eigenvalue weighted by Crippen LogP contribution is 2.42. The van der Waals surface area contributed by atoms with Crippen LogP contribution >= 0.6 is 0 Å². The quantitative estimate of drug-likeness (QED) is 0.515. The summed E-state index contributed by atoms with van der Waals surface area (Å²) < 4.78 is 9.14. The van der Waals surface area contributed by atoms with Crippen LogP contribution in [0.4, 0.5) is 0 Å². The van der Waals surface area contributed by atoms with Gasteiger partial charge >= 0.3 is 11.9 Å². The Hall–Kier alpha value is -1.72. The lowest BCUT2D eigenvalue weighted by Gasteiger charge is -2.39. The molecule has 2 atom stereocenters. The van der Waals surface area contributed by atoms with Gasteiger partial charge in [-0.05, 0) is 0 Å². The molecule has 0 amide bonds. The van der Waals surface area contributed by atoms with Gasteiger partial charge in [0.05, 0.1) is 20.6 Å². The zero-order valence-corrected chi connectivity index (χ0v) is 10.8. The zero-order valence-electron chi connectivity index (χ0n) is 10.8. The summed E-state index contributed by atoms with van der Waals surface area (Å²) in [6.45, 7) is 3.04. The molecule has 6 nitrogen and oxygen atoms in total. The Morgan fingerprint density at radius 3 is 1.61 bits per heavy atom. The Morgan fingerprint density at radius 2 is 1.33 bits per heavy atom. The third-order valence-electron chi connectivity index (χ3n) is 3.35. The molecule has 0 radical (unpaired) electrons. The van der Waals surface area contributed by atoms with Crippen LogP contribution in [0.25, 0.3) is 0 Å². The van der Waals surface area contributed by atoms with Crippen LogP contribution in [-0.4, -0.2) is 37.7 Å². The standard InChI is InChI=1S/C12H16O6/c1-12(2)8(10(15)17-3)6(13)5-7(14)9(12)11(16)18-4/h8-9H,5H2,1-4H3. The lowest BCUT2D eigenvalue weighted by atomic mass is 9.61. The first-order valence-corrected chi connectivity index (χ1v) is 5.48. The first-order valence-electron chi connectivity index (χ1n) is 5.48. The number of Topliss-reactive ketones (excluding diaryl/α,β-unsaturated/α-hetero) is 2. The van der Waals surface area contributed by atoms with Crippen molar-refractivity contribution in [1.29, 1.82) is 0 Å². The van der Waals surface area contributed by atoms with Crippen LogP contribution < -0.4 is 0 Å². The van der Waals surface area contributed by atoms with Crippen molar-refractivity contribution in [1.82, 2.24) is 0 Å². The van der Waals surface area contributed by atoms with Gasteiger partial charge in [0.25, 0.3) is 0 Å². The minimum absolute atomic E-state index is 0.442. The molecule has 1 rings (SSSR count). The summed E-state index contributed by atoms with van der Waals surface area (Å²) in [6.07, 6.45) is -0.442. The van der Waals surface area contributed by atoms with Crippen molar-refractivity contribution in [2.45, 2.75) is 20.3 Å². The lowest BCUT2D eigenvalue weighted by molar-refractivity contribution is -0.168. The molecule has 0 heterocycles. The predicted molar refractivity (Wildman–Crippen MR) is 59.4 cm³/mol. The van der Waals surface area contributed by atoms with E-state index < -0.39 is 47.2 Å². The molecule has 18 heavy (non-hydrogen) atoms. The number of hydrogen-bond acceptors (Lipinski definition) is 6. The molecule has 0 aromatic carbocycles. The van der Waals surface area contributed by atoms with Crippen molar-refractivity contribution < 1.29 is 28.7 Å². The van der Waals surface area contributed by atoms with Crippen molar-refractivity contribution in [2.24, 2.45) is 17.3 Å². The van der Waals surface area contributed by atoms with Gasteiger partial charge in [-0.2, -0.15) is 0 Å². The Labute approximate surface area is 105 Å². The number of rotatable bonds is 2. The average Bonchev–Trinajstić information content (AvgIpc) is 2.26. The van der Waals surface area contributed by atoms with E-state index in [0.717, 1.165) is 14.2 Å². The van der Waals surface area contributed by atoms with Crippen LogP contribution in [0.3, 0.4) is 0 Å². The number of esters is 2. The number of ether oxygens (including phenoxy) is 2. The monoisotopic (exact) mass is 256 g/mol. The van der Waals surface area contributed by atoms with E-state index in [4.69, 9.17) is 0 Å². The van der Waals surface area contributed by atoms with Crippen molar-refractivity contribution in [3.63, 3.8) is 0 Å². The highest BCUT2D eigenvalue weighted by atomic mass is 16.5. The van der Waals surface area contributed by atoms with Crippen LogP contribution in [-0.2, 0) is 28.7 Å². The molecule has 0 aliphatic heterocycles.